The summed E-state index contributed by atoms with van der Waals surface area (Å²) in [5.74, 6) is -0.195. The summed E-state index contributed by atoms with van der Waals surface area (Å²) in [6.45, 7) is 8.72. The minimum Gasteiger partial charge on any atom is -0.462 e. The van der Waals surface area contributed by atoms with Gasteiger partial charge in [0.15, 0.2) is 0 Å². The van der Waals surface area contributed by atoms with Crippen LogP contribution in [0.2, 0.25) is 0 Å². The third-order valence-electron chi connectivity index (χ3n) is 3.85. The first-order valence-electron chi connectivity index (χ1n) is 9.07. The Morgan fingerprint density at radius 2 is 1.24 bits per heavy atom. The highest BCUT2D eigenvalue weighted by Gasteiger charge is 2.07. The summed E-state index contributed by atoms with van der Waals surface area (Å²) in [6, 6.07) is 0. The lowest BCUT2D eigenvalue weighted by Gasteiger charge is -2.06. The van der Waals surface area contributed by atoms with Crippen molar-refractivity contribution in [3.8, 4) is 0 Å². The van der Waals surface area contributed by atoms with Gasteiger partial charge in [0.25, 0.3) is 0 Å². The van der Waals surface area contributed by atoms with Gasteiger partial charge in [0, 0.05) is 5.57 Å². The molecule has 0 aliphatic rings. The predicted molar refractivity (Wildman–Crippen MR) is 91.5 cm³/mol. The second kappa shape index (κ2) is 15.6. The van der Waals surface area contributed by atoms with Crippen molar-refractivity contribution in [1.82, 2.24) is 0 Å². The molecule has 124 valence electrons. The minimum absolute atomic E-state index is 0.195. The van der Waals surface area contributed by atoms with E-state index in [1.54, 1.807) is 0 Å². The molecule has 0 unspecified atom stereocenters. The fourth-order valence-corrected chi connectivity index (χ4v) is 2.34. The van der Waals surface area contributed by atoms with Crippen LogP contribution >= 0.6 is 0 Å². The molecule has 0 amide bonds. The summed E-state index contributed by atoms with van der Waals surface area (Å²) in [4.78, 5) is 11.6. The Morgan fingerprint density at radius 3 is 1.76 bits per heavy atom. The number of ether oxygens (including phenoxy) is 1. The van der Waals surface area contributed by atoms with E-state index in [0.29, 0.717) is 12.2 Å². The molecule has 0 saturated heterocycles. The highest BCUT2D eigenvalue weighted by atomic mass is 16.5. The number of rotatable bonds is 15. The molecule has 2 nitrogen and oxygen atoms in total. The third kappa shape index (κ3) is 13.9. The van der Waals surface area contributed by atoms with E-state index in [9.17, 15) is 4.79 Å². The first-order valence-corrected chi connectivity index (χ1v) is 9.07. The smallest absolute Gasteiger partial charge is 0.333 e. The summed E-state index contributed by atoms with van der Waals surface area (Å²) in [6.07, 6.45) is 15.9. The van der Waals surface area contributed by atoms with Crippen LogP contribution in [0, 0.1) is 0 Å². The van der Waals surface area contributed by atoms with Gasteiger partial charge in [-0.3, -0.25) is 0 Å². The largest absolute Gasteiger partial charge is 0.462 e. The van der Waals surface area contributed by atoms with Gasteiger partial charge in [0.2, 0.25) is 0 Å². The average Bonchev–Trinajstić information content (AvgIpc) is 2.49. The summed E-state index contributed by atoms with van der Waals surface area (Å²) in [7, 11) is 0. The lowest BCUT2D eigenvalue weighted by atomic mass is 10.0. The summed E-state index contributed by atoms with van der Waals surface area (Å²) in [5.41, 5.74) is 0.644. The molecule has 0 saturated carbocycles. The van der Waals surface area contributed by atoms with Crippen molar-refractivity contribution in [3.05, 3.63) is 12.2 Å². The van der Waals surface area contributed by atoms with E-state index in [2.05, 4.69) is 20.4 Å². The molecule has 0 atom stereocenters. The number of unbranched alkanes of at least 4 members (excludes halogenated alkanes) is 10. The number of carbonyl (C=O) groups is 1. The van der Waals surface area contributed by atoms with Crippen molar-refractivity contribution in [3.63, 3.8) is 0 Å². The van der Waals surface area contributed by atoms with Crippen LogP contribution in [-0.2, 0) is 9.53 Å². The maximum atomic E-state index is 11.6. The SMILES string of the molecule is C=C(CCCCCCCCCCCC)C(=O)OCCCC. The average molecular weight is 296 g/mol. The number of hydrogen-bond donors (Lipinski definition) is 0. The molecule has 0 bridgehead atoms. The van der Waals surface area contributed by atoms with Crippen LogP contribution < -0.4 is 0 Å². The van der Waals surface area contributed by atoms with Gasteiger partial charge < -0.3 is 4.74 Å². The van der Waals surface area contributed by atoms with E-state index in [0.717, 1.165) is 25.7 Å². The van der Waals surface area contributed by atoms with Crippen LogP contribution in [0.4, 0.5) is 0 Å². The van der Waals surface area contributed by atoms with Crippen LogP contribution in [0.15, 0.2) is 12.2 Å². The van der Waals surface area contributed by atoms with Gasteiger partial charge in [0.1, 0.15) is 0 Å². The lowest BCUT2D eigenvalue weighted by Crippen LogP contribution is -2.08. The molecular formula is C19H36O2. The van der Waals surface area contributed by atoms with Crippen LogP contribution in [0.25, 0.3) is 0 Å². The van der Waals surface area contributed by atoms with E-state index >= 15 is 0 Å². The molecule has 0 aliphatic carbocycles. The molecular weight excluding hydrogens is 260 g/mol. The van der Waals surface area contributed by atoms with Gasteiger partial charge in [-0.15, -0.1) is 0 Å². The van der Waals surface area contributed by atoms with Gasteiger partial charge in [-0.1, -0.05) is 84.6 Å². The van der Waals surface area contributed by atoms with E-state index in [1.807, 2.05) is 0 Å². The van der Waals surface area contributed by atoms with Gasteiger partial charge in [-0.25, -0.2) is 4.79 Å². The Labute approximate surface area is 132 Å². The monoisotopic (exact) mass is 296 g/mol. The minimum atomic E-state index is -0.195. The second-order valence-electron chi connectivity index (χ2n) is 6.03. The molecule has 2 heteroatoms. The Balaban J connectivity index is 3.30. The third-order valence-corrected chi connectivity index (χ3v) is 3.85. The lowest BCUT2D eigenvalue weighted by molar-refractivity contribution is -0.139. The summed E-state index contributed by atoms with van der Waals surface area (Å²) in [5, 5.41) is 0. The Morgan fingerprint density at radius 1 is 0.762 bits per heavy atom. The molecule has 0 rings (SSSR count). The van der Waals surface area contributed by atoms with Crippen molar-refractivity contribution in [2.45, 2.75) is 97.3 Å². The zero-order chi connectivity index (χ0) is 15.8. The molecule has 0 spiro atoms. The zero-order valence-corrected chi connectivity index (χ0v) is 14.4. The second-order valence-corrected chi connectivity index (χ2v) is 6.03. The zero-order valence-electron chi connectivity index (χ0n) is 14.4. The quantitative estimate of drug-likeness (QED) is 0.204. The highest BCUT2D eigenvalue weighted by Crippen LogP contribution is 2.13. The first-order chi connectivity index (χ1) is 10.2. The fourth-order valence-electron chi connectivity index (χ4n) is 2.34. The van der Waals surface area contributed by atoms with Crippen molar-refractivity contribution >= 4 is 5.97 Å². The molecule has 0 aromatic heterocycles. The number of hydrogen-bond acceptors (Lipinski definition) is 2. The topological polar surface area (TPSA) is 26.3 Å². The van der Waals surface area contributed by atoms with Gasteiger partial charge in [0.05, 0.1) is 6.61 Å². The number of carbonyl (C=O) groups excluding carboxylic acids is 1. The van der Waals surface area contributed by atoms with E-state index < -0.39 is 0 Å². The van der Waals surface area contributed by atoms with Crippen molar-refractivity contribution < 1.29 is 9.53 Å². The van der Waals surface area contributed by atoms with E-state index in [4.69, 9.17) is 4.74 Å². The Kier molecular flexibility index (Phi) is 15.0. The Hall–Kier alpha value is -0.790. The molecule has 0 aromatic carbocycles. The predicted octanol–water partition coefficient (Wildman–Crippen LogP) is 6.20. The molecule has 0 heterocycles. The fraction of sp³-hybridized carbons (Fsp3) is 0.842. The molecule has 0 aliphatic heterocycles. The van der Waals surface area contributed by atoms with Gasteiger partial charge in [-0.05, 0) is 19.3 Å². The molecule has 0 N–H and O–H groups in total. The Bertz CT molecular complexity index is 258. The van der Waals surface area contributed by atoms with Crippen LogP contribution in [0.1, 0.15) is 97.3 Å². The van der Waals surface area contributed by atoms with Crippen molar-refractivity contribution in [2.24, 2.45) is 0 Å². The van der Waals surface area contributed by atoms with Crippen LogP contribution in [0.3, 0.4) is 0 Å². The van der Waals surface area contributed by atoms with Gasteiger partial charge >= 0.3 is 5.97 Å². The van der Waals surface area contributed by atoms with E-state index in [1.165, 1.54) is 57.8 Å². The van der Waals surface area contributed by atoms with E-state index in [-0.39, 0.29) is 5.97 Å². The molecule has 0 fully saturated rings. The summed E-state index contributed by atoms with van der Waals surface area (Å²) < 4.78 is 5.15. The maximum absolute atomic E-state index is 11.6. The first kappa shape index (κ1) is 20.2. The molecule has 0 aromatic rings. The standard InChI is InChI=1S/C19H36O2/c1-4-6-8-9-10-11-12-13-14-15-16-18(3)19(20)21-17-7-5-2/h3-17H2,1-2H3. The van der Waals surface area contributed by atoms with Crippen LogP contribution in [-0.4, -0.2) is 12.6 Å². The molecule has 21 heavy (non-hydrogen) atoms. The van der Waals surface area contributed by atoms with Gasteiger partial charge in [-0.2, -0.15) is 0 Å². The van der Waals surface area contributed by atoms with Crippen molar-refractivity contribution in [2.75, 3.05) is 6.61 Å². The van der Waals surface area contributed by atoms with Crippen molar-refractivity contribution in [1.29, 1.82) is 0 Å². The highest BCUT2D eigenvalue weighted by molar-refractivity contribution is 5.87. The number of esters is 1. The van der Waals surface area contributed by atoms with Crippen LogP contribution in [0.5, 0.6) is 0 Å². The molecule has 0 radical (unpaired) electrons. The summed E-state index contributed by atoms with van der Waals surface area (Å²) >= 11 is 0. The maximum Gasteiger partial charge on any atom is 0.333 e. The normalized spacial score (nSPS) is 10.6.